The maximum absolute atomic E-state index is 13.4. The van der Waals surface area contributed by atoms with Crippen LogP contribution in [-0.2, 0) is 10.1 Å². The lowest BCUT2D eigenvalue weighted by atomic mass is 9.60. The van der Waals surface area contributed by atoms with Gasteiger partial charge in [0.1, 0.15) is 10.1 Å². The fourth-order valence-corrected chi connectivity index (χ4v) is 12.8. The molecule has 0 saturated heterocycles. The van der Waals surface area contributed by atoms with Gasteiger partial charge in [0.05, 0.1) is 4.90 Å². The molecule has 6 aliphatic carbocycles. The number of hydrogen-bond acceptors (Lipinski definition) is 3. The molecule has 40 heavy (non-hydrogen) atoms. The van der Waals surface area contributed by atoms with E-state index >= 15 is 0 Å². The zero-order valence-electron chi connectivity index (χ0n) is 24.8. The van der Waals surface area contributed by atoms with E-state index in [0.717, 1.165) is 47.6 Å². The highest BCUT2D eigenvalue weighted by Gasteiger charge is 2.43. The van der Waals surface area contributed by atoms with Crippen LogP contribution in [0.15, 0.2) is 17.0 Å². The molecule has 0 amide bonds. The van der Waals surface area contributed by atoms with Gasteiger partial charge in [-0.05, 0) is 108 Å². The lowest BCUT2D eigenvalue weighted by Gasteiger charge is -2.46. The smallest absolute Gasteiger partial charge is 0.124 e. The Kier molecular flexibility index (Phi) is 8.15. The highest BCUT2D eigenvalue weighted by atomic mass is 32.2. The third-order valence-electron chi connectivity index (χ3n) is 13.4. The molecule has 0 spiro atoms. The Labute approximate surface area is 244 Å². The average molecular weight is 566 g/mol. The van der Waals surface area contributed by atoms with E-state index in [0.29, 0.717) is 17.8 Å². The van der Waals surface area contributed by atoms with Crippen molar-refractivity contribution in [2.75, 3.05) is 0 Å². The lowest BCUT2D eigenvalue weighted by molar-refractivity contribution is 0.136. The van der Waals surface area contributed by atoms with Crippen LogP contribution < -0.4 is 0 Å². The van der Waals surface area contributed by atoms with E-state index in [1.807, 2.05) is 0 Å². The van der Waals surface area contributed by atoms with Gasteiger partial charge in [-0.25, -0.2) is 8.42 Å². The van der Waals surface area contributed by atoms with Gasteiger partial charge < -0.3 is 4.55 Å². The van der Waals surface area contributed by atoms with E-state index in [1.54, 1.807) is 0 Å². The first-order valence-electron chi connectivity index (χ1n) is 17.6. The van der Waals surface area contributed by atoms with Crippen LogP contribution in [-0.4, -0.2) is 13.0 Å². The van der Waals surface area contributed by atoms with Crippen molar-refractivity contribution < 1.29 is 13.0 Å². The number of benzene rings is 1. The van der Waals surface area contributed by atoms with Gasteiger partial charge in [0, 0.05) is 0 Å². The van der Waals surface area contributed by atoms with Crippen molar-refractivity contribution in [2.24, 2.45) is 35.5 Å². The molecule has 0 bridgehead atoms. The van der Waals surface area contributed by atoms with Crippen LogP contribution in [0.2, 0.25) is 0 Å². The molecule has 1 aromatic carbocycles. The predicted octanol–water partition coefficient (Wildman–Crippen LogP) is 9.81. The van der Waals surface area contributed by atoms with Gasteiger partial charge in [-0.3, -0.25) is 0 Å². The van der Waals surface area contributed by atoms with Crippen molar-refractivity contribution in [3.63, 3.8) is 0 Å². The first-order valence-corrected chi connectivity index (χ1v) is 19.0. The standard InChI is InChI=1S/C36H54O3S/c37-40(38,39)36-34(32-20-8-14-25-11-2-5-17-29(25)32)22-27(31-19-7-13-24-10-1-4-16-28(24)31)23-35(36)33-21-9-15-26-12-3-6-18-30(26)33/h22-26,28-33H,1-21H2,(H,37,38,39)/p-1. The molecule has 6 fully saturated rings. The third kappa shape index (κ3) is 5.24. The van der Waals surface area contributed by atoms with Gasteiger partial charge in [-0.15, -0.1) is 0 Å². The van der Waals surface area contributed by atoms with Crippen molar-refractivity contribution in [3.05, 3.63) is 28.8 Å². The molecule has 0 N–H and O–H groups in total. The van der Waals surface area contributed by atoms with Crippen molar-refractivity contribution in [1.29, 1.82) is 0 Å². The summed E-state index contributed by atoms with van der Waals surface area (Å²) in [6.07, 6.45) is 26.7. The number of hydrogen-bond donors (Lipinski definition) is 0. The minimum Gasteiger partial charge on any atom is -0.744 e. The largest absolute Gasteiger partial charge is 0.744 e. The summed E-state index contributed by atoms with van der Waals surface area (Å²) in [5.74, 6) is 5.23. The monoisotopic (exact) mass is 565 g/mol. The van der Waals surface area contributed by atoms with E-state index in [-0.39, 0.29) is 16.7 Å². The molecule has 0 aromatic heterocycles. The Hall–Kier alpha value is -0.870. The second-order valence-corrected chi connectivity index (χ2v) is 16.5. The molecule has 6 aliphatic rings. The Morgan fingerprint density at radius 2 is 0.825 bits per heavy atom. The second kappa shape index (κ2) is 11.7. The van der Waals surface area contributed by atoms with Crippen molar-refractivity contribution in [2.45, 2.75) is 157 Å². The van der Waals surface area contributed by atoms with Gasteiger partial charge in [0.15, 0.2) is 0 Å². The average Bonchev–Trinajstić information content (AvgIpc) is 2.99. The summed E-state index contributed by atoms with van der Waals surface area (Å²) >= 11 is 0. The van der Waals surface area contributed by atoms with Crippen molar-refractivity contribution in [3.8, 4) is 0 Å². The summed E-state index contributed by atoms with van der Waals surface area (Å²) in [5.41, 5.74) is 3.43. The molecule has 222 valence electrons. The Bertz CT molecular complexity index is 1100. The molecule has 4 heteroatoms. The molecule has 9 atom stereocenters. The van der Waals surface area contributed by atoms with Crippen molar-refractivity contribution in [1.82, 2.24) is 0 Å². The number of fused-ring (bicyclic) bond motifs is 3. The zero-order valence-corrected chi connectivity index (χ0v) is 25.6. The summed E-state index contributed by atoms with van der Waals surface area (Å²) in [7, 11) is -4.56. The SMILES string of the molecule is O=S(=O)([O-])c1c(C2CCCC3CCCCC32)cc(C2CCCC3CCCCC32)cc1C1CCCC2CCCCC21. The van der Waals surface area contributed by atoms with Crippen LogP contribution in [0.3, 0.4) is 0 Å². The first kappa shape index (κ1) is 27.9. The van der Waals surface area contributed by atoms with Crippen LogP contribution in [0, 0.1) is 35.5 Å². The Morgan fingerprint density at radius 1 is 0.475 bits per heavy atom. The molecule has 3 nitrogen and oxygen atoms in total. The van der Waals surface area contributed by atoms with E-state index in [2.05, 4.69) is 12.1 Å². The van der Waals surface area contributed by atoms with Crippen LogP contribution in [0.25, 0.3) is 0 Å². The van der Waals surface area contributed by atoms with Gasteiger partial charge in [-0.1, -0.05) is 108 Å². The molecular weight excluding hydrogens is 512 g/mol. The maximum atomic E-state index is 13.4. The summed E-state index contributed by atoms with van der Waals surface area (Å²) in [6.45, 7) is 0. The van der Waals surface area contributed by atoms with Crippen molar-refractivity contribution >= 4 is 10.1 Å². The van der Waals surface area contributed by atoms with Gasteiger partial charge in [0.25, 0.3) is 0 Å². The summed E-state index contributed by atoms with van der Waals surface area (Å²) < 4.78 is 40.3. The van der Waals surface area contributed by atoms with Crippen LogP contribution in [0.5, 0.6) is 0 Å². The Morgan fingerprint density at radius 3 is 1.25 bits per heavy atom. The van der Waals surface area contributed by atoms with Crippen LogP contribution in [0.1, 0.15) is 169 Å². The van der Waals surface area contributed by atoms with Gasteiger partial charge in [0.2, 0.25) is 0 Å². The fourth-order valence-electron chi connectivity index (χ4n) is 11.8. The highest BCUT2D eigenvalue weighted by molar-refractivity contribution is 7.85. The van der Waals surface area contributed by atoms with E-state index in [1.165, 1.54) is 128 Å². The fraction of sp³-hybridized carbons (Fsp3) is 0.833. The maximum Gasteiger partial charge on any atom is 0.124 e. The highest BCUT2D eigenvalue weighted by Crippen LogP contribution is 2.55. The summed E-state index contributed by atoms with van der Waals surface area (Å²) in [5, 5.41) is 0. The van der Waals surface area contributed by atoms with Gasteiger partial charge >= 0.3 is 0 Å². The van der Waals surface area contributed by atoms with Crippen LogP contribution >= 0.6 is 0 Å². The first-order chi connectivity index (χ1) is 19.5. The van der Waals surface area contributed by atoms with Crippen LogP contribution in [0.4, 0.5) is 0 Å². The topological polar surface area (TPSA) is 57.2 Å². The molecule has 0 heterocycles. The molecule has 7 rings (SSSR count). The molecular formula is C36H53O3S-. The molecule has 0 aliphatic heterocycles. The zero-order chi connectivity index (χ0) is 27.3. The summed E-state index contributed by atoms with van der Waals surface area (Å²) in [4.78, 5) is 0.278. The molecule has 9 unspecified atom stereocenters. The second-order valence-electron chi connectivity index (χ2n) is 15.2. The predicted molar refractivity (Wildman–Crippen MR) is 161 cm³/mol. The summed E-state index contributed by atoms with van der Waals surface area (Å²) in [6, 6.07) is 4.69. The minimum atomic E-state index is -4.56. The molecule has 0 radical (unpaired) electrons. The van der Waals surface area contributed by atoms with E-state index in [4.69, 9.17) is 0 Å². The third-order valence-corrected chi connectivity index (χ3v) is 14.3. The van der Waals surface area contributed by atoms with Gasteiger partial charge in [-0.2, -0.15) is 0 Å². The Balaban J connectivity index is 1.39. The quantitative estimate of drug-likeness (QED) is 0.341. The molecule has 1 aromatic rings. The minimum absolute atomic E-state index is 0.257. The lowest BCUT2D eigenvalue weighted by Crippen LogP contribution is -2.34. The number of rotatable bonds is 4. The normalized spacial score (nSPS) is 40.5. The van der Waals surface area contributed by atoms with E-state index < -0.39 is 10.1 Å². The molecule has 6 saturated carbocycles. The van der Waals surface area contributed by atoms with E-state index in [9.17, 15) is 13.0 Å².